The van der Waals surface area contributed by atoms with E-state index in [2.05, 4.69) is 0 Å². The van der Waals surface area contributed by atoms with E-state index in [9.17, 15) is 19.2 Å². The van der Waals surface area contributed by atoms with E-state index in [0.29, 0.717) is 154 Å². The molecule has 26 heteroatoms. The minimum absolute atomic E-state index is 0.00244. The lowest BCUT2D eigenvalue weighted by Crippen LogP contribution is -2.42. The van der Waals surface area contributed by atoms with Crippen molar-refractivity contribution in [2.75, 3.05) is 137 Å². The van der Waals surface area contributed by atoms with Gasteiger partial charge in [0.2, 0.25) is 0 Å². The fraction of sp³-hybridized carbons (Fsp3) is 0.269. The molecule has 0 saturated heterocycles. The SMILES string of the molecule is COc1cc2c(cc1OC)C(COc1ccc(SC)cc1)N(C(=O)c1ccccc1)CC2.COc1cc2c(cc1OC)C(COc1ccccc1OC)N(C(=O)c1cccc(Cl)c1)CC2.COc1ccc(OCC2c3cc(OC)c(OC)cc3CCN2C(=O)c2cccc(Cl)c2)cc1.COc1ccc(OCC2c3cc(OC)c(OC)cc3CCN2C(=O)c2ccccc2)cc1. The lowest BCUT2D eigenvalue weighted by atomic mass is 9.91. The predicted molar refractivity (Wildman–Crippen MR) is 503 cm³/mol. The van der Waals surface area contributed by atoms with Gasteiger partial charge in [0, 0.05) is 63.4 Å². The van der Waals surface area contributed by atoms with Crippen LogP contribution in [0.1, 0.15) is 110 Å². The number of benzene rings is 12. The second-order valence-corrected chi connectivity index (χ2v) is 32.1. The molecule has 4 amide bonds. The Morgan fingerprint density at radius 3 is 0.808 bits per heavy atom. The Kier molecular flexibility index (Phi) is 32.9. The van der Waals surface area contributed by atoms with Crippen molar-refractivity contribution >= 4 is 58.6 Å². The van der Waals surface area contributed by atoms with Gasteiger partial charge in [0.1, 0.15) is 55.2 Å². The fourth-order valence-electron chi connectivity index (χ4n) is 16.3. The normalized spacial score (nSPS) is 15.0. The van der Waals surface area contributed by atoms with Crippen LogP contribution in [0.15, 0.2) is 260 Å². The molecule has 130 heavy (non-hydrogen) atoms. The molecule has 0 fully saturated rings. The molecule has 0 saturated carbocycles. The summed E-state index contributed by atoms with van der Waals surface area (Å²) in [5.41, 5.74) is 10.8. The molecule has 16 rings (SSSR count). The number of carbonyl (C=O) groups is 4. The van der Waals surface area contributed by atoms with Crippen LogP contribution in [0.3, 0.4) is 0 Å². The number of carbonyl (C=O) groups excluding carboxylic acids is 4. The predicted octanol–water partition coefficient (Wildman–Crippen LogP) is 20.1. The molecule has 0 spiro atoms. The highest BCUT2D eigenvalue weighted by atomic mass is 35.5. The Morgan fingerprint density at radius 2 is 0.523 bits per heavy atom. The van der Waals surface area contributed by atoms with E-state index < -0.39 is 0 Å². The Hall–Kier alpha value is -13.6. The molecule has 0 radical (unpaired) electrons. The van der Waals surface area contributed by atoms with Crippen LogP contribution < -0.4 is 71.1 Å². The Balaban J connectivity index is 0.000000148. The van der Waals surface area contributed by atoms with Crippen LogP contribution in [0.5, 0.6) is 86.2 Å². The molecule has 12 aromatic carbocycles. The van der Waals surface area contributed by atoms with Crippen LogP contribution >= 0.6 is 35.0 Å². The smallest absolute Gasteiger partial charge is 0.254 e. The maximum Gasteiger partial charge on any atom is 0.254 e. The number of halogens is 2. The molecule has 4 heterocycles. The fourth-order valence-corrected chi connectivity index (χ4v) is 17.1. The first kappa shape index (κ1) is 94.1. The number of hydrogen-bond acceptors (Lipinski definition) is 20. The van der Waals surface area contributed by atoms with Gasteiger partial charge in [-0.05, 0) is 271 Å². The van der Waals surface area contributed by atoms with E-state index in [4.69, 9.17) is 94.3 Å². The van der Waals surface area contributed by atoms with Crippen molar-refractivity contribution in [1.29, 1.82) is 0 Å². The summed E-state index contributed by atoms with van der Waals surface area (Å²) >= 11 is 14.0. The number of fused-ring (bicyclic) bond motifs is 4. The van der Waals surface area contributed by atoms with Gasteiger partial charge in [-0.3, -0.25) is 19.2 Å². The monoisotopic (exact) mass is 1820 g/mol. The van der Waals surface area contributed by atoms with Crippen molar-refractivity contribution in [2.45, 2.75) is 54.7 Å². The van der Waals surface area contributed by atoms with E-state index in [1.54, 1.807) is 139 Å². The molecule has 0 bridgehead atoms. The molecule has 0 aliphatic carbocycles. The zero-order valence-electron chi connectivity index (χ0n) is 74.8. The topological polar surface area (TPSA) is 220 Å². The van der Waals surface area contributed by atoms with E-state index >= 15 is 0 Å². The van der Waals surface area contributed by atoms with Crippen LogP contribution in [0.2, 0.25) is 10.0 Å². The zero-order valence-corrected chi connectivity index (χ0v) is 77.1. The average molecular weight is 1820 g/mol. The number of para-hydroxylation sites is 2. The Labute approximate surface area is 773 Å². The minimum Gasteiger partial charge on any atom is -0.497 e. The molecule has 0 aromatic heterocycles. The summed E-state index contributed by atoms with van der Waals surface area (Å²) in [6, 6.07) is 77.6. The number of nitrogens with zero attached hydrogens (tertiary/aromatic N) is 4. The van der Waals surface area contributed by atoms with E-state index in [-0.39, 0.29) is 61.0 Å². The summed E-state index contributed by atoms with van der Waals surface area (Å²) in [6.07, 6.45) is 4.90. The van der Waals surface area contributed by atoms with Crippen LogP contribution in [-0.2, 0) is 25.7 Å². The van der Waals surface area contributed by atoms with Gasteiger partial charge in [-0.2, -0.15) is 0 Å². The first-order chi connectivity index (χ1) is 63.4. The number of thioether (sulfide) groups is 1. The summed E-state index contributed by atoms with van der Waals surface area (Å²) < 4.78 is 84.6. The van der Waals surface area contributed by atoms with E-state index in [0.717, 1.165) is 74.6 Å². The van der Waals surface area contributed by atoms with Crippen LogP contribution in [-0.4, -0.2) is 180 Å². The lowest BCUT2D eigenvalue weighted by Gasteiger charge is -2.37. The van der Waals surface area contributed by atoms with Gasteiger partial charge < -0.3 is 90.7 Å². The molecule has 4 atom stereocenters. The number of ether oxygens (including phenoxy) is 15. The number of methoxy groups -OCH3 is 11. The summed E-state index contributed by atoms with van der Waals surface area (Å²) in [4.78, 5) is 62.4. The first-order valence-electron chi connectivity index (χ1n) is 42.3. The molecule has 4 aliphatic rings. The summed E-state index contributed by atoms with van der Waals surface area (Å²) in [5.74, 6) is 9.93. The zero-order chi connectivity index (χ0) is 91.7. The maximum absolute atomic E-state index is 13.5. The van der Waals surface area contributed by atoms with Crippen LogP contribution in [0.25, 0.3) is 0 Å². The summed E-state index contributed by atoms with van der Waals surface area (Å²) in [6.45, 7) is 3.46. The third kappa shape index (κ3) is 22.6. The second-order valence-electron chi connectivity index (χ2n) is 30.4. The Morgan fingerprint density at radius 1 is 0.269 bits per heavy atom. The van der Waals surface area contributed by atoms with Crippen molar-refractivity contribution in [3.8, 4) is 86.2 Å². The van der Waals surface area contributed by atoms with Crippen LogP contribution in [0.4, 0.5) is 0 Å². The molecular formula is C104H106Cl2N4O19S. The van der Waals surface area contributed by atoms with Crippen LogP contribution in [0, 0.1) is 0 Å². The third-order valence-corrected chi connectivity index (χ3v) is 24.3. The molecule has 12 aromatic rings. The standard InChI is InChI=1S/2C26H26ClNO5.C26H27NO5.C26H27NO4S/c1-30-22-9-4-5-10-23(22)33-16-21-20-15-25(32-3)24(31-2)14-17(20)11-12-28(21)26(29)18-7-6-8-19(27)13-18;1-30-20-7-9-21(10-8-20)33-16-23-22-15-25(32-3)24(31-2)14-17(22)11-12-28(23)26(29)18-5-4-6-19(27)13-18;1-29-20-9-11-21(12-10-20)32-17-23-22-16-25(31-3)24(30-2)15-19(22)13-14-27(23)26(28)18-7-5-4-6-8-18;1-29-24-15-19-13-14-27(26(28)18-7-5-4-6-8-18)23(22(19)16-25(24)30-2)17-31-20-9-11-21(32-3)12-10-20/h4-10,13-15,21H,11-12,16H2,1-3H3;4-10,13-15,23H,11-12,16H2,1-3H3;2*4-12,15-16,23H,13-14,17H2,1-3H3. The minimum atomic E-state index is -0.343. The molecule has 23 nitrogen and oxygen atoms in total. The lowest BCUT2D eigenvalue weighted by molar-refractivity contribution is 0.0582. The van der Waals surface area contributed by atoms with Gasteiger partial charge in [0.05, 0.1) is 102 Å². The molecule has 0 N–H and O–H groups in total. The number of amides is 4. The first-order valence-corrected chi connectivity index (χ1v) is 44.3. The van der Waals surface area contributed by atoms with E-state index in [1.807, 2.05) is 232 Å². The largest absolute Gasteiger partial charge is 0.497 e. The van der Waals surface area contributed by atoms with E-state index in [1.165, 1.54) is 4.90 Å². The maximum atomic E-state index is 13.5. The van der Waals surface area contributed by atoms with Gasteiger partial charge in [-0.15, -0.1) is 11.8 Å². The van der Waals surface area contributed by atoms with Gasteiger partial charge in [-0.25, -0.2) is 0 Å². The van der Waals surface area contributed by atoms with Gasteiger partial charge in [0.25, 0.3) is 23.6 Å². The second kappa shape index (κ2) is 45.4. The quantitative estimate of drug-likeness (QED) is 0.0416. The van der Waals surface area contributed by atoms with Gasteiger partial charge in [0.15, 0.2) is 57.5 Å². The van der Waals surface area contributed by atoms with Gasteiger partial charge >= 0.3 is 0 Å². The summed E-state index contributed by atoms with van der Waals surface area (Å²) in [7, 11) is 17.8. The van der Waals surface area contributed by atoms with Crippen molar-refractivity contribution in [3.05, 3.63) is 332 Å². The molecule has 4 aliphatic heterocycles. The Bertz CT molecular complexity index is 5670. The molecule has 4 unspecified atom stereocenters. The summed E-state index contributed by atoms with van der Waals surface area (Å²) in [5, 5.41) is 1.04. The average Bonchev–Trinajstić information content (AvgIpc) is 0.785. The van der Waals surface area contributed by atoms with Crippen molar-refractivity contribution in [2.24, 2.45) is 0 Å². The van der Waals surface area contributed by atoms with Gasteiger partial charge in [-0.1, -0.05) is 83.9 Å². The number of hydrogen-bond donors (Lipinski definition) is 0. The number of rotatable bonds is 28. The van der Waals surface area contributed by atoms with Crippen molar-refractivity contribution < 1.29 is 90.2 Å². The highest BCUT2D eigenvalue weighted by molar-refractivity contribution is 7.98. The third-order valence-electron chi connectivity index (χ3n) is 23.1. The highest BCUT2D eigenvalue weighted by Crippen LogP contribution is 2.45. The van der Waals surface area contributed by atoms with Crippen molar-refractivity contribution in [3.63, 3.8) is 0 Å². The highest BCUT2D eigenvalue weighted by Gasteiger charge is 2.39. The molecular weight excluding hydrogens is 1710 g/mol. The molecule has 676 valence electrons. The van der Waals surface area contributed by atoms with Crippen molar-refractivity contribution in [1.82, 2.24) is 19.6 Å².